The number of hydrogen-bond acceptors (Lipinski definition) is 6. The number of amides is 2. The van der Waals surface area contributed by atoms with Crippen LogP contribution in [0.15, 0.2) is 54.6 Å². The molecule has 0 heterocycles. The van der Waals surface area contributed by atoms with Gasteiger partial charge in [0.2, 0.25) is 11.8 Å². The number of carbonyl (C=O) groups excluding carboxylic acids is 3. The van der Waals surface area contributed by atoms with Crippen LogP contribution >= 0.6 is 0 Å². The van der Waals surface area contributed by atoms with Crippen LogP contribution < -0.4 is 11.1 Å². The van der Waals surface area contributed by atoms with Crippen molar-refractivity contribution in [3.05, 3.63) is 75.8 Å². The summed E-state index contributed by atoms with van der Waals surface area (Å²) in [5, 5.41) is 13.5. The minimum absolute atomic E-state index is 0.125. The lowest BCUT2D eigenvalue weighted by atomic mass is 9.87. The fraction of sp³-hybridized carbons (Fsp3) is 0.318. The first kappa shape index (κ1) is 23.5. The maximum absolute atomic E-state index is 12.5. The van der Waals surface area contributed by atoms with E-state index < -0.39 is 34.7 Å². The van der Waals surface area contributed by atoms with Gasteiger partial charge in [-0.1, -0.05) is 42.5 Å². The SMILES string of the molecule is CCOC(=O)C[C@@H](c1ccc([N+](=O)[O-])cc1)[C@H](NC(=O)CCc1ccccc1)C(N)=O. The van der Waals surface area contributed by atoms with E-state index in [2.05, 4.69) is 5.32 Å². The molecule has 0 aliphatic carbocycles. The maximum Gasteiger partial charge on any atom is 0.306 e. The zero-order chi connectivity index (χ0) is 22.8. The molecule has 0 saturated carbocycles. The molecule has 2 amide bonds. The molecule has 0 aliphatic rings. The van der Waals surface area contributed by atoms with Crippen molar-refractivity contribution in [3.8, 4) is 0 Å². The number of aryl methyl sites for hydroxylation is 1. The third kappa shape index (κ3) is 7.22. The van der Waals surface area contributed by atoms with E-state index in [1.807, 2.05) is 30.3 Å². The van der Waals surface area contributed by atoms with Gasteiger partial charge in [-0.05, 0) is 24.5 Å². The molecule has 2 aromatic carbocycles. The summed E-state index contributed by atoms with van der Waals surface area (Å²) >= 11 is 0. The van der Waals surface area contributed by atoms with Gasteiger partial charge in [0.1, 0.15) is 6.04 Å². The smallest absolute Gasteiger partial charge is 0.306 e. The van der Waals surface area contributed by atoms with E-state index >= 15 is 0 Å². The fourth-order valence-corrected chi connectivity index (χ4v) is 3.19. The number of nitro benzene ring substituents is 1. The van der Waals surface area contributed by atoms with Crippen molar-refractivity contribution in [2.75, 3.05) is 6.61 Å². The molecule has 9 nitrogen and oxygen atoms in total. The monoisotopic (exact) mass is 427 g/mol. The summed E-state index contributed by atoms with van der Waals surface area (Å²) < 4.78 is 4.98. The molecule has 164 valence electrons. The van der Waals surface area contributed by atoms with Gasteiger partial charge in [0.25, 0.3) is 5.69 Å². The second-order valence-electron chi connectivity index (χ2n) is 6.90. The van der Waals surface area contributed by atoms with E-state index in [-0.39, 0.29) is 25.1 Å². The molecule has 0 aliphatic heterocycles. The minimum Gasteiger partial charge on any atom is -0.466 e. The lowest BCUT2D eigenvalue weighted by Gasteiger charge is -2.25. The topological polar surface area (TPSA) is 142 Å². The Balaban J connectivity index is 2.21. The molecular formula is C22H25N3O6. The van der Waals surface area contributed by atoms with Crippen LogP contribution in [-0.2, 0) is 25.5 Å². The molecule has 0 spiro atoms. The Hall–Kier alpha value is -3.75. The molecular weight excluding hydrogens is 402 g/mol. The van der Waals surface area contributed by atoms with Crippen LogP contribution in [0.1, 0.15) is 36.8 Å². The number of nitrogens with zero attached hydrogens (tertiary/aromatic N) is 1. The van der Waals surface area contributed by atoms with Gasteiger partial charge in [0, 0.05) is 24.5 Å². The quantitative estimate of drug-likeness (QED) is 0.320. The number of nitro groups is 1. The molecule has 0 bridgehead atoms. The van der Waals surface area contributed by atoms with Gasteiger partial charge in [-0.15, -0.1) is 0 Å². The first-order chi connectivity index (χ1) is 14.8. The molecule has 3 N–H and O–H groups in total. The fourth-order valence-electron chi connectivity index (χ4n) is 3.19. The van der Waals surface area contributed by atoms with Crippen LogP contribution in [0.25, 0.3) is 0 Å². The Morgan fingerprint density at radius 1 is 1.10 bits per heavy atom. The third-order valence-corrected chi connectivity index (χ3v) is 4.73. The predicted molar refractivity (Wildman–Crippen MR) is 113 cm³/mol. The third-order valence-electron chi connectivity index (χ3n) is 4.73. The zero-order valence-corrected chi connectivity index (χ0v) is 17.2. The van der Waals surface area contributed by atoms with Crippen LogP contribution in [0.4, 0.5) is 5.69 Å². The van der Waals surface area contributed by atoms with E-state index in [4.69, 9.17) is 10.5 Å². The van der Waals surface area contributed by atoms with Crippen molar-refractivity contribution >= 4 is 23.5 Å². The lowest BCUT2D eigenvalue weighted by Crippen LogP contribution is -2.48. The second kappa shape index (κ2) is 11.4. The molecule has 31 heavy (non-hydrogen) atoms. The highest BCUT2D eigenvalue weighted by molar-refractivity contribution is 5.88. The number of esters is 1. The molecule has 2 rings (SSSR count). The molecule has 0 saturated heterocycles. The largest absolute Gasteiger partial charge is 0.466 e. The number of rotatable bonds is 11. The molecule has 0 unspecified atom stereocenters. The van der Waals surface area contributed by atoms with Gasteiger partial charge in [0.15, 0.2) is 0 Å². The van der Waals surface area contributed by atoms with Gasteiger partial charge in [0.05, 0.1) is 18.0 Å². The molecule has 2 aromatic rings. The average molecular weight is 427 g/mol. The number of hydrogen-bond donors (Lipinski definition) is 2. The van der Waals surface area contributed by atoms with Gasteiger partial charge in [-0.3, -0.25) is 24.5 Å². The summed E-state index contributed by atoms with van der Waals surface area (Å²) in [6.07, 6.45) is 0.372. The summed E-state index contributed by atoms with van der Waals surface area (Å²) in [6, 6.07) is 13.6. The summed E-state index contributed by atoms with van der Waals surface area (Å²) in [5.41, 5.74) is 6.82. The van der Waals surface area contributed by atoms with Crippen molar-refractivity contribution in [1.29, 1.82) is 0 Å². The van der Waals surface area contributed by atoms with Crippen LogP contribution in [-0.4, -0.2) is 35.4 Å². The average Bonchev–Trinajstić information content (AvgIpc) is 2.75. The van der Waals surface area contributed by atoms with Crippen LogP contribution in [0.2, 0.25) is 0 Å². The molecule has 0 aromatic heterocycles. The highest BCUT2D eigenvalue weighted by atomic mass is 16.6. The Bertz CT molecular complexity index is 915. The van der Waals surface area contributed by atoms with Crippen molar-refractivity contribution in [2.45, 2.75) is 38.1 Å². The van der Waals surface area contributed by atoms with Gasteiger partial charge >= 0.3 is 5.97 Å². The summed E-state index contributed by atoms with van der Waals surface area (Å²) in [7, 11) is 0. The Kier molecular flexibility index (Phi) is 8.68. The van der Waals surface area contributed by atoms with Gasteiger partial charge in [-0.25, -0.2) is 0 Å². The first-order valence-corrected chi connectivity index (χ1v) is 9.84. The van der Waals surface area contributed by atoms with E-state index in [1.54, 1.807) is 6.92 Å². The molecule has 0 radical (unpaired) electrons. The summed E-state index contributed by atoms with van der Waals surface area (Å²) in [6.45, 7) is 1.80. The minimum atomic E-state index is -1.19. The highest BCUT2D eigenvalue weighted by Gasteiger charge is 2.32. The number of nitrogens with two attached hydrogens (primary N) is 1. The molecule has 9 heteroatoms. The second-order valence-corrected chi connectivity index (χ2v) is 6.90. The number of ether oxygens (including phenoxy) is 1. The van der Waals surface area contributed by atoms with Crippen molar-refractivity contribution in [3.63, 3.8) is 0 Å². The zero-order valence-electron chi connectivity index (χ0n) is 17.2. The van der Waals surface area contributed by atoms with Gasteiger partial charge in [-0.2, -0.15) is 0 Å². The standard InChI is InChI=1S/C22H25N3O6/c1-2-31-20(27)14-18(16-9-11-17(12-10-16)25(29)30)21(22(23)28)24-19(26)13-8-15-6-4-3-5-7-15/h3-7,9-12,18,21H,2,8,13-14H2,1H3,(H2,23,28)(H,24,26)/t18-,21-/m0/s1. The van der Waals surface area contributed by atoms with E-state index in [1.165, 1.54) is 24.3 Å². The molecule has 2 atom stereocenters. The van der Waals surface area contributed by atoms with Crippen LogP contribution in [0.5, 0.6) is 0 Å². The van der Waals surface area contributed by atoms with E-state index in [0.29, 0.717) is 12.0 Å². The van der Waals surface area contributed by atoms with Crippen LogP contribution in [0, 0.1) is 10.1 Å². The van der Waals surface area contributed by atoms with Crippen molar-refractivity contribution < 1.29 is 24.0 Å². The van der Waals surface area contributed by atoms with E-state index in [9.17, 15) is 24.5 Å². The summed E-state index contributed by atoms with van der Waals surface area (Å²) in [4.78, 5) is 47.2. The van der Waals surface area contributed by atoms with Crippen molar-refractivity contribution in [2.24, 2.45) is 5.73 Å². The number of nitrogens with one attached hydrogen (secondary N) is 1. The lowest BCUT2D eigenvalue weighted by molar-refractivity contribution is -0.384. The number of carbonyl (C=O) groups is 3. The number of benzene rings is 2. The van der Waals surface area contributed by atoms with Crippen molar-refractivity contribution in [1.82, 2.24) is 5.32 Å². The Morgan fingerprint density at radius 3 is 2.29 bits per heavy atom. The summed E-state index contributed by atoms with van der Waals surface area (Å²) in [5.74, 6) is -2.63. The highest BCUT2D eigenvalue weighted by Crippen LogP contribution is 2.26. The van der Waals surface area contributed by atoms with Crippen LogP contribution in [0.3, 0.4) is 0 Å². The predicted octanol–water partition coefficient (Wildman–Crippen LogP) is 2.23. The Labute approximate surface area is 179 Å². The van der Waals surface area contributed by atoms with E-state index in [0.717, 1.165) is 5.56 Å². The first-order valence-electron chi connectivity index (χ1n) is 9.84. The molecule has 0 fully saturated rings. The normalized spacial score (nSPS) is 12.4. The Morgan fingerprint density at radius 2 is 1.74 bits per heavy atom. The van der Waals surface area contributed by atoms with Gasteiger partial charge < -0.3 is 15.8 Å². The maximum atomic E-state index is 12.5. The number of non-ortho nitro benzene ring substituents is 1. The number of primary amides is 1.